The summed E-state index contributed by atoms with van der Waals surface area (Å²) in [6, 6.07) is 15.6. The topological polar surface area (TPSA) is 58.6 Å². The molecule has 0 aliphatic carbocycles. The average Bonchev–Trinajstić information content (AvgIpc) is 2.80. The molecule has 1 aliphatic rings. The Labute approximate surface area is 183 Å². The second kappa shape index (κ2) is 8.76. The van der Waals surface area contributed by atoms with Gasteiger partial charge in [-0.2, -0.15) is 0 Å². The van der Waals surface area contributed by atoms with E-state index in [1.807, 2.05) is 48.2 Å². The van der Waals surface area contributed by atoms with Gasteiger partial charge in [-0.25, -0.2) is 9.97 Å². The van der Waals surface area contributed by atoms with Crippen molar-refractivity contribution < 1.29 is 9.53 Å². The van der Waals surface area contributed by atoms with Crippen LogP contribution in [-0.2, 0) is 0 Å². The van der Waals surface area contributed by atoms with Crippen molar-refractivity contribution in [2.75, 3.05) is 38.2 Å². The number of piperazine rings is 1. The highest BCUT2D eigenvalue weighted by molar-refractivity contribution is 5.94. The number of carbonyl (C=O) groups is 1. The number of hydrogen-bond donors (Lipinski definition) is 0. The van der Waals surface area contributed by atoms with Gasteiger partial charge >= 0.3 is 0 Å². The molecule has 1 aliphatic heterocycles. The molecule has 3 aromatic rings. The average molecular weight is 417 g/mol. The lowest BCUT2D eigenvalue weighted by Crippen LogP contribution is -2.49. The maximum atomic E-state index is 12.9. The zero-order valence-corrected chi connectivity index (χ0v) is 18.6. The third-order valence-corrected chi connectivity index (χ3v) is 5.84. The van der Waals surface area contributed by atoms with Crippen LogP contribution >= 0.6 is 0 Å². The fraction of sp³-hybridized carbons (Fsp3) is 0.320. The first kappa shape index (κ1) is 20.8. The Bertz CT molecular complexity index is 1090. The van der Waals surface area contributed by atoms with Gasteiger partial charge in [0.25, 0.3) is 5.91 Å². The number of anilines is 1. The number of rotatable bonds is 4. The molecule has 0 saturated carbocycles. The first-order chi connectivity index (χ1) is 15.0. The lowest BCUT2D eigenvalue weighted by atomic mass is 10.1. The quantitative estimate of drug-likeness (QED) is 0.642. The summed E-state index contributed by atoms with van der Waals surface area (Å²) in [5.41, 5.74) is 4.97. The predicted octanol–water partition coefficient (Wildman–Crippen LogP) is 4.04. The van der Waals surface area contributed by atoms with E-state index in [0.29, 0.717) is 18.7 Å². The van der Waals surface area contributed by atoms with Crippen LogP contribution in [0.15, 0.2) is 48.5 Å². The van der Waals surface area contributed by atoms with Gasteiger partial charge < -0.3 is 14.5 Å². The molecule has 31 heavy (non-hydrogen) atoms. The van der Waals surface area contributed by atoms with E-state index in [0.717, 1.165) is 47.3 Å². The Hall–Kier alpha value is -3.41. The molecule has 1 aromatic heterocycles. The van der Waals surface area contributed by atoms with E-state index in [4.69, 9.17) is 14.7 Å². The van der Waals surface area contributed by atoms with Crippen molar-refractivity contribution >= 4 is 11.7 Å². The van der Waals surface area contributed by atoms with Gasteiger partial charge in [-0.3, -0.25) is 4.79 Å². The minimum absolute atomic E-state index is 0.0540. The minimum Gasteiger partial charge on any atom is -0.497 e. The van der Waals surface area contributed by atoms with Crippen molar-refractivity contribution in [2.45, 2.75) is 20.8 Å². The van der Waals surface area contributed by atoms with Crippen LogP contribution in [0.2, 0.25) is 0 Å². The number of aromatic nitrogens is 2. The predicted molar refractivity (Wildman–Crippen MR) is 123 cm³/mol. The van der Waals surface area contributed by atoms with Crippen LogP contribution in [-0.4, -0.2) is 54.1 Å². The van der Waals surface area contributed by atoms with E-state index in [1.165, 1.54) is 5.56 Å². The van der Waals surface area contributed by atoms with Crippen LogP contribution in [0.3, 0.4) is 0 Å². The van der Waals surface area contributed by atoms with Gasteiger partial charge in [0.1, 0.15) is 11.6 Å². The number of benzene rings is 2. The summed E-state index contributed by atoms with van der Waals surface area (Å²) in [5, 5.41) is 0. The summed E-state index contributed by atoms with van der Waals surface area (Å²) in [6.45, 7) is 8.98. The number of aryl methyl sites for hydroxylation is 2. The highest BCUT2D eigenvalue weighted by atomic mass is 16.5. The SMILES string of the molecule is COc1ccc(C(=O)N2CCN(c3nc(-c4cccc(C)c4)nc(C)c3C)CC2)cc1. The molecule has 0 spiro atoms. The van der Waals surface area contributed by atoms with Crippen LogP contribution in [0.1, 0.15) is 27.2 Å². The highest BCUT2D eigenvalue weighted by Crippen LogP contribution is 2.26. The molecule has 2 heterocycles. The van der Waals surface area contributed by atoms with Crippen LogP contribution < -0.4 is 9.64 Å². The molecule has 0 radical (unpaired) electrons. The molecular weight excluding hydrogens is 388 g/mol. The molecule has 0 N–H and O–H groups in total. The number of hydrogen-bond acceptors (Lipinski definition) is 5. The molecule has 1 fully saturated rings. The molecule has 6 nitrogen and oxygen atoms in total. The standard InChI is InChI=1S/C25H28N4O2/c1-17-6-5-7-21(16-17)23-26-19(3)18(2)24(27-23)28-12-14-29(15-13-28)25(30)20-8-10-22(31-4)11-9-20/h5-11,16H,12-15H2,1-4H3. The van der Waals surface area contributed by atoms with E-state index in [1.54, 1.807) is 7.11 Å². The van der Waals surface area contributed by atoms with Gasteiger partial charge in [0.15, 0.2) is 5.82 Å². The molecular formula is C25H28N4O2. The summed E-state index contributed by atoms with van der Waals surface area (Å²) in [7, 11) is 1.62. The molecule has 6 heteroatoms. The molecule has 0 bridgehead atoms. The summed E-state index contributed by atoms with van der Waals surface area (Å²) in [6.07, 6.45) is 0. The number of carbonyl (C=O) groups excluding carboxylic acids is 1. The summed E-state index contributed by atoms with van der Waals surface area (Å²) in [5.74, 6) is 2.51. The third kappa shape index (κ3) is 4.38. The van der Waals surface area contributed by atoms with Crippen LogP contribution in [0.5, 0.6) is 5.75 Å². The normalized spacial score (nSPS) is 13.9. The van der Waals surface area contributed by atoms with Gasteiger partial charge in [-0.15, -0.1) is 0 Å². The largest absolute Gasteiger partial charge is 0.497 e. The molecule has 1 amide bonds. The third-order valence-electron chi connectivity index (χ3n) is 5.84. The number of nitrogens with zero attached hydrogens (tertiary/aromatic N) is 4. The molecule has 0 unspecified atom stereocenters. The highest BCUT2D eigenvalue weighted by Gasteiger charge is 2.25. The molecule has 2 aromatic carbocycles. The van der Waals surface area contributed by atoms with Crippen LogP contribution in [0.4, 0.5) is 5.82 Å². The molecule has 0 atom stereocenters. The van der Waals surface area contributed by atoms with Crippen molar-refractivity contribution in [3.05, 3.63) is 70.9 Å². The zero-order valence-electron chi connectivity index (χ0n) is 18.6. The van der Waals surface area contributed by atoms with Crippen molar-refractivity contribution in [2.24, 2.45) is 0 Å². The smallest absolute Gasteiger partial charge is 0.253 e. The Balaban J connectivity index is 1.51. The zero-order chi connectivity index (χ0) is 22.0. The van der Waals surface area contributed by atoms with E-state index in [9.17, 15) is 4.79 Å². The Morgan fingerprint density at radius 1 is 0.935 bits per heavy atom. The monoisotopic (exact) mass is 416 g/mol. The summed E-state index contributed by atoms with van der Waals surface area (Å²) in [4.78, 5) is 26.7. The molecule has 160 valence electrons. The van der Waals surface area contributed by atoms with Crippen LogP contribution in [0, 0.1) is 20.8 Å². The van der Waals surface area contributed by atoms with Gasteiger partial charge in [0, 0.05) is 48.6 Å². The molecule has 1 saturated heterocycles. The fourth-order valence-corrected chi connectivity index (χ4v) is 3.87. The second-order valence-electron chi connectivity index (χ2n) is 7.96. The Morgan fingerprint density at radius 3 is 2.29 bits per heavy atom. The van der Waals surface area contributed by atoms with E-state index in [2.05, 4.69) is 30.9 Å². The first-order valence-electron chi connectivity index (χ1n) is 10.6. The first-order valence-corrected chi connectivity index (χ1v) is 10.6. The minimum atomic E-state index is 0.0540. The van der Waals surface area contributed by atoms with Crippen molar-refractivity contribution in [3.63, 3.8) is 0 Å². The van der Waals surface area contributed by atoms with E-state index < -0.39 is 0 Å². The van der Waals surface area contributed by atoms with Crippen molar-refractivity contribution in [1.29, 1.82) is 0 Å². The lowest BCUT2D eigenvalue weighted by Gasteiger charge is -2.36. The summed E-state index contributed by atoms with van der Waals surface area (Å²) < 4.78 is 5.18. The van der Waals surface area contributed by atoms with Crippen LogP contribution in [0.25, 0.3) is 11.4 Å². The van der Waals surface area contributed by atoms with Gasteiger partial charge in [0.05, 0.1) is 7.11 Å². The number of ether oxygens (including phenoxy) is 1. The van der Waals surface area contributed by atoms with E-state index in [-0.39, 0.29) is 5.91 Å². The number of amides is 1. The summed E-state index contributed by atoms with van der Waals surface area (Å²) >= 11 is 0. The maximum Gasteiger partial charge on any atom is 0.253 e. The van der Waals surface area contributed by atoms with Crippen molar-refractivity contribution in [3.8, 4) is 17.1 Å². The van der Waals surface area contributed by atoms with Gasteiger partial charge in [0.2, 0.25) is 0 Å². The lowest BCUT2D eigenvalue weighted by molar-refractivity contribution is 0.0746. The maximum absolute atomic E-state index is 12.9. The van der Waals surface area contributed by atoms with Crippen molar-refractivity contribution in [1.82, 2.24) is 14.9 Å². The second-order valence-corrected chi connectivity index (χ2v) is 7.96. The van der Waals surface area contributed by atoms with E-state index >= 15 is 0 Å². The Morgan fingerprint density at radius 2 is 1.65 bits per heavy atom. The van der Waals surface area contributed by atoms with Gasteiger partial charge in [-0.1, -0.05) is 23.8 Å². The number of methoxy groups -OCH3 is 1. The fourth-order valence-electron chi connectivity index (χ4n) is 3.87. The van der Waals surface area contributed by atoms with Gasteiger partial charge in [-0.05, 0) is 51.1 Å². The molecule has 4 rings (SSSR count). The Kier molecular flexibility index (Phi) is 5.89.